The lowest BCUT2D eigenvalue weighted by atomic mass is 10.1. The fourth-order valence-electron chi connectivity index (χ4n) is 2.75. The fraction of sp³-hybridized carbons (Fsp3) is 0.733. The first-order valence-electron chi connectivity index (χ1n) is 8.26. The zero-order chi connectivity index (χ0) is 17.5. The normalized spacial score (nSPS) is 24.1. The van der Waals surface area contributed by atoms with Crippen LogP contribution in [0.1, 0.15) is 26.2 Å². The summed E-state index contributed by atoms with van der Waals surface area (Å²) in [5.74, 6) is -1.43. The van der Waals surface area contributed by atoms with Gasteiger partial charge in [-0.3, -0.25) is 19.2 Å². The summed E-state index contributed by atoms with van der Waals surface area (Å²) in [6.45, 7) is 3.92. The van der Waals surface area contributed by atoms with Gasteiger partial charge >= 0.3 is 5.97 Å². The number of carbonyl (C=O) groups is 4. The lowest BCUT2D eigenvalue weighted by molar-refractivity contribution is -0.152. The molecule has 24 heavy (non-hydrogen) atoms. The smallest absolute Gasteiger partial charge is 0.308 e. The van der Waals surface area contributed by atoms with Gasteiger partial charge in [-0.05, 0) is 6.42 Å². The maximum absolute atomic E-state index is 12.5. The quantitative estimate of drug-likeness (QED) is 0.488. The Morgan fingerprint density at radius 3 is 2.58 bits per heavy atom. The Labute approximate surface area is 140 Å². The van der Waals surface area contributed by atoms with Crippen LogP contribution in [-0.2, 0) is 23.9 Å². The molecule has 3 amide bonds. The molecule has 2 saturated heterocycles. The predicted molar refractivity (Wildman–Crippen MR) is 83.8 cm³/mol. The van der Waals surface area contributed by atoms with Crippen molar-refractivity contribution in [2.75, 3.05) is 32.8 Å². The Bertz CT molecular complexity index is 510. The Morgan fingerprint density at radius 1 is 1.12 bits per heavy atom. The molecule has 9 nitrogen and oxygen atoms in total. The summed E-state index contributed by atoms with van der Waals surface area (Å²) < 4.78 is 5.00. The molecular formula is C15H24N4O5. The van der Waals surface area contributed by atoms with Gasteiger partial charge in [-0.1, -0.05) is 6.92 Å². The minimum atomic E-state index is -0.887. The molecule has 0 spiro atoms. The molecular weight excluding hydrogens is 316 g/mol. The molecule has 0 bridgehead atoms. The van der Waals surface area contributed by atoms with Crippen molar-refractivity contribution in [2.45, 2.75) is 38.3 Å². The minimum Gasteiger partial charge on any atom is -0.466 e. The number of nitrogens with zero attached hydrogens (tertiary/aromatic N) is 1. The van der Waals surface area contributed by atoms with E-state index in [4.69, 9.17) is 4.74 Å². The molecule has 2 rings (SSSR count). The third kappa shape index (κ3) is 4.67. The van der Waals surface area contributed by atoms with Gasteiger partial charge in [0.15, 0.2) is 0 Å². The van der Waals surface area contributed by atoms with Gasteiger partial charge in [0, 0.05) is 26.2 Å². The molecule has 2 unspecified atom stereocenters. The predicted octanol–water partition coefficient (Wildman–Crippen LogP) is -1.87. The van der Waals surface area contributed by atoms with Crippen LogP contribution in [0.2, 0.25) is 0 Å². The van der Waals surface area contributed by atoms with E-state index in [2.05, 4.69) is 16.0 Å². The second-order valence-corrected chi connectivity index (χ2v) is 5.82. The molecule has 2 aliphatic rings. The monoisotopic (exact) mass is 340 g/mol. The van der Waals surface area contributed by atoms with Crippen LogP contribution in [0.4, 0.5) is 0 Å². The summed E-state index contributed by atoms with van der Waals surface area (Å²) in [6, 6.07) is -1.49. The van der Waals surface area contributed by atoms with Crippen molar-refractivity contribution in [3.8, 4) is 0 Å². The first-order valence-corrected chi connectivity index (χ1v) is 8.26. The Balaban J connectivity index is 1.98. The van der Waals surface area contributed by atoms with Crippen molar-refractivity contribution in [3.63, 3.8) is 0 Å². The van der Waals surface area contributed by atoms with Crippen molar-refractivity contribution in [1.82, 2.24) is 20.9 Å². The van der Waals surface area contributed by atoms with Crippen LogP contribution in [0.3, 0.4) is 0 Å². The molecule has 0 aliphatic carbocycles. The van der Waals surface area contributed by atoms with Gasteiger partial charge in [-0.15, -0.1) is 0 Å². The average Bonchev–Trinajstić information content (AvgIpc) is 2.56. The molecule has 2 aliphatic heterocycles. The van der Waals surface area contributed by atoms with Crippen molar-refractivity contribution in [1.29, 1.82) is 0 Å². The number of rotatable bonds is 6. The molecule has 3 N–H and O–H groups in total. The van der Waals surface area contributed by atoms with E-state index < -0.39 is 18.1 Å². The first-order chi connectivity index (χ1) is 11.5. The van der Waals surface area contributed by atoms with E-state index in [1.807, 2.05) is 6.92 Å². The molecule has 134 valence electrons. The van der Waals surface area contributed by atoms with Crippen molar-refractivity contribution in [2.24, 2.45) is 0 Å². The van der Waals surface area contributed by atoms with E-state index in [1.165, 1.54) is 4.90 Å². The maximum Gasteiger partial charge on any atom is 0.308 e. The standard InChI is InChI=1S/C15H24N4O5/c1-2-7-24-13(21)9-11-15(23)18-5-6-19(11)12(20)8-10-14(22)17-4-3-16-10/h10-11,16H,2-9H2,1H3,(H,17,22)(H,18,23). The number of carbonyl (C=O) groups excluding carboxylic acids is 4. The van der Waals surface area contributed by atoms with Crippen molar-refractivity contribution >= 4 is 23.7 Å². The number of esters is 1. The largest absolute Gasteiger partial charge is 0.466 e. The van der Waals surface area contributed by atoms with Gasteiger partial charge in [-0.25, -0.2) is 0 Å². The molecule has 2 heterocycles. The van der Waals surface area contributed by atoms with E-state index >= 15 is 0 Å². The Morgan fingerprint density at radius 2 is 1.88 bits per heavy atom. The highest BCUT2D eigenvalue weighted by Gasteiger charge is 2.36. The Kier molecular flexibility index (Phi) is 6.53. The van der Waals surface area contributed by atoms with Crippen LogP contribution in [0.15, 0.2) is 0 Å². The molecule has 9 heteroatoms. The van der Waals surface area contributed by atoms with E-state index in [1.54, 1.807) is 0 Å². The van der Waals surface area contributed by atoms with Gasteiger partial charge in [0.2, 0.25) is 17.7 Å². The van der Waals surface area contributed by atoms with Crippen LogP contribution < -0.4 is 16.0 Å². The second-order valence-electron chi connectivity index (χ2n) is 5.82. The molecule has 0 aromatic heterocycles. The fourth-order valence-corrected chi connectivity index (χ4v) is 2.75. The number of hydrogen-bond acceptors (Lipinski definition) is 6. The molecule has 2 fully saturated rings. The van der Waals surface area contributed by atoms with E-state index in [9.17, 15) is 19.2 Å². The summed E-state index contributed by atoms with van der Waals surface area (Å²) in [6.07, 6.45) is 0.467. The van der Waals surface area contributed by atoms with E-state index in [0.717, 1.165) is 0 Å². The summed E-state index contributed by atoms with van der Waals surface area (Å²) in [5, 5.41) is 8.33. The van der Waals surface area contributed by atoms with Crippen LogP contribution in [0, 0.1) is 0 Å². The third-order valence-corrected chi connectivity index (χ3v) is 3.99. The second kappa shape index (κ2) is 8.62. The highest BCUT2D eigenvalue weighted by molar-refractivity contribution is 5.94. The lowest BCUT2D eigenvalue weighted by Gasteiger charge is -2.35. The summed E-state index contributed by atoms with van der Waals surface area (Å²) in [7, 11) is 0. The van der Waals surface area contributed by atoms with Gasteiger partial charge < -0.3 is 25.6 Å². The molecule has 0 aromatic rings. The van der Waals surface area contributed by atoms with E-state index in [0.29, 0.717) is 32.6 Å². The number of hydrogen-bond donors (Lipinski definition) is 3. The zero-order valence-electron chi connectivity index (χ0n) is 13.8. The molecule has 0 saturated carbocycles. The molecule has 0 radical (unpaired) electrons. The van der Waals surface area contributed by atoms with Crippen molar-refractivity contribution in [3.05, 3.63) is 0 Å². The van der Waals surface area contributed by atoms with Gasteiger partial charge in [-0.2, -0.15) is 0 Å². The maximum atomic E-state index is 12.5. The number of nitrogens with one attached hydrogen (secondary N) is 3. The molecule has 0 aromatic carbocycles. The third-order valence-electron chi connectivity index (χ3n) is 3.99. The number of amides is 3. The highest BCUT2D eigenvalue weighted by Crippen LogP contribution is 2.13. The summed E-state index contributed by atoms with van der Waals surface area (Å²) in [4.78, 5) is 49.5. The SMILES string of the molecule is CCCOC(=O)CC1C(=O)NCCN1C(=O)CC1NCCNC1=O. The Hall–Kier alpha value is -2.16. The zero-order valence-corrected chi connectivity index (χ0v) is 13.8. The van der Waals surface area contributed by atoms with Crippen LogP contribution in [0.25, 0.3) is 0 Å². The average molecular weight is 340 g/mol. The topological polar surface area (TPSA) is 117 Å². The van der Waals surface area contributed by atoms with Crippen molar-refractivity contribution < 1.29 is 23.9 Å². The summed E-state index contributed by atoms with van der Waals surface area (Å²) >= 11 is 0. The van der Waals surface area contributed by atoms with Gasteiger partial charge in [0.05, 0.1) is 25.5 Å². The van der Waals surface area contributed by atoms with Gasteiger partial charge in [0.25, 0.3) is 0 Å². The van der Waals surface area contributed by atoms with Gasteiger partial charge in [0.1, 0.15) is 6.04 Å². The lowest BCUT2D eigenvalue weighted by Crippen LogP contribution is -2.60. The highest BCUT2D eigenvalue weighted by atomic mass is 16.5. The van der Waals surface area contributed by atoms with E-state index in [-0.39, 0.29) is 37.2 Å². The van der Waals surface area contributed by atoms with Crippen LogP contribution >= 0.6 is 0 Å². The van der Waals surface area contributed by atoms with Crippen LogP contribution in [0.5, 0.6) is 0 Å². The number of piperazine rings is 2. The summed E-state index contributed by atoms with van der Waals surface area (Å²) in [5.41, 5.74) is 0. The first kappa shape index (κ1) is 18.2. The van der Waals surface area contributed by atoms with Crippen LogP contribution in [-0.4, -0.2) is 73.5 Å². The number of ether oxygens (including phenoxy) is 1. The molecule has 2 atom stereocenters. The minimum absolute atomic E-state index is 0.0420.